The zero-order valence-electron chi connectivity index (χ0n) is 12.8. The predicted molar refractivity (Wildman–Crippen MR) is 89.9 cm³/mol. The van der Waals surface area contributed by atoms with Gasteiger partial charge < -0.3 is 5.32 Å². The molecule has 1 unspecified atom stereocenters. The van der Waals surface area contributed by atoms with E-state index in [-0.39, 0.29) is 11.7 Å². The molecule has 1 heterocycles. The maximum absolute atomic E-state index is 12.5. The minimum atomic E-state index is -0.0531. The number of carbonyl (C=O) groups is 2. The maximum Gasteiger partial charge on any atom is 0.256 e. The summed E-state index contributed by atoms with van der Waals surface area (Å²) in [4.78, 5) is 25.1. The molecule has 1 aromatic carbocycles. The predicted octanol–water partition coefficient (Wildman–Crippen LogP) is 4.33. The third-order valence-corrected chi connectivity index (χ3v) is 5.25. The van der Waals surface area contributed by atoms with Gasteiger partial charge in [0.25, 0.3) is 5.91 Å². The van der Waals surface area contributed by atoms with Gasteiger partial charge in [0.15, 0.2) is 5.78 Å². The molecule has 3 rings (SSSR count). The number of anilines is 1. The van der Waals surface area contributed by atoms with Crippen molar-refractivity contribution < 1.29 is 9.59 Å². The first-order valence-electron chi connectivity index (χ1n) is 7.56. The number of fused-ring (bicyclic) bond motifs is 1. The second kappa shape index (κ2) is 6.05. The monoisotopic (exact) mass is 313 g/mol. The highest BCUT2D eigenvalue weighted by atomic mass is 32.1. The van der Waals surface area contributed by atoms with Crippen molar-refractivity contribution in [3.8, 4) is 0 Å². The van der Waals surface area contributed by atoms with Gasteiger partial charge in [-0.3, -0.25) is 9.59 Å². The minimum Gasteiger partial charge on any atom is -0.322 e. The second-order valence-electron chi connectivity index (χ2n) is 5.99. The molecule has 0 saturated heterocycles. The molecule has 1 amide bonds. The molecule has 114 valence electrons. The molecule has 0 spiro atoms. The van der Waals surface area contributed by atoms with E-state index in [1.807, 2.05) is 5.38 Å². The molecule has 3 nitrogen and oxygen atoms in total. The maximum atomic E-state index is 12.5. The van der Waals surface area contributed by atoms with Crippen molar-refractivity contribution in [2.45, 2.75) is 33.1 Å². The van der Waals surface area contributed by atoms with Crippen LogP contribution in [0.4, 0.5) is 5.69 Å². The average molecular weight is 313 g/mol. The highest BCUT2D eigenvalue weighted by molar-refractivity contribution is 7.10. The standard InChI is InChI=1S/C18H19NO2S/c1-11-3-8-15-16(10-22-17(15)9-11)18(21)19-14-6-4-13(5-7-14)12(2)20/h4-7,10-11H,3,8-9H2,1-2H3,(H,19,21). The highest BCUT2D eigenvalue weighted by Crippen LogP contribution is 2.33. The van der Waals surface area contributed by atoms with Crippen molar-refractivity contribution in [1.82, 2.24) is 0 Å². The molecule has 0 bridgehead atoms. The molecular weight excluding hydrogens is 294 g/mol. The van der Waals surface area contributed by atoms with Gasteiger partial charge in [-0.15, -0.1) is 11.3 Å². The lowest BCUT2D eigenvalue weighted by atomic mass is 9.88. The highest BCUT2D eigenvalue weighted by Gasteiger charge is 2.23. The molecule has 4 heteroatoms. The van der Waals surface area contributed by atoms with Crippen LogP contribution >= 0.6 is 11.3 Å². The van der Waals surface area contributed by atoms with Gasteiger partial charge in [0.05, 0.1) is 5.56 Å². The Hall–Kier alpha value is -1.94. The van der Waals surface area contributed by atoms with Crippen LogP contribution in [0.5, 0.6) is 0 Å². The Balaban J connectivity index is 1.76. The zero-order chi connectivity index (χ0) is 15.7. The number of thiophene rings is 1. The van der Waals surface area contributed by atoms with Crippen molar-refractivity contribution in [3.05, 3.63) is 51.2 Å². The van der Waals surface area contributed by atoms with E-state index in [0.29, 0.717) is 11.5 Å². The third kappa shape index (κ3) is 2.97. The zero-order valence-corrected chi connectivity index (χ0v) is 13.6. The van der Waals surface area contributed by atoms with Crippen LogP contribution in [0.2, 0.25) is 0 Å². The number of rotatable bonds is 3. The second-order valence-corrected chi connectivity index (χ2v) is 6.95. The van der Waals surface area contributed by atoms with Gasteiger partial charge in [-0.25, -0.2) is 0 Å². The molecule has 0 fully saturated rings. The van der Waals surface area contributed by atoms with Crippen LogP contribution in [0.3, 0.4) is 0 Å². The Morgan fingerprint density at radius 2 is 1.95 bits per heavy atom. The van der Waals surface area contributed by atoms with Gasteiger partial charge in [0.2, 0.25) is 0 Å². The molecule has 2 aromatic rings. The summed E-state index contributed by atoms with van der Waals surface area (Å²) >= 11 is 1.70. The first-order valence-corrected chi connectivity index (χ1v) is 8.44. The van der Waals surface area contributed by atoms with E-state index in [4.69, 9.17) is 0 Å². The number of hydrogen-bond acceptors (Lipinski definition) is 3. The number of Topliss-reactive ketones (excluding diaryl/α,β-unsaturated/α-hetero) is 1. The molecule has 1 aliphatic carbocycles. The van der Waals surface area contributed by atoms with Gasteiger partial charge in [-0.2, -0.15) is 0 Å². The number of benzene rings is 1. The van der Waals surface area contributed by atoms with Gasteiger partial charge >= 0.3 is 0 Å². The summed E-state index contributed by atoms with van der Waals surface area (Å²) in [5.74, 6) is 0.683. The van der Waals surface area contributed by atoms with Crippen LogP contribution in [0, 0.1) is 5.92 Å². The normalized spacial score (nSPS) is 16.9. The van der Waals surface area contributed by atoms with Crippen molar-refractivity contribution >= 4 is 28.7 Å². The molecule has 1 N–H and O–H groups in total. The number of ketones is 1. The van der Waals surface area contributed by atoms with E-state index in [0.717, 1.165) is 30.5 Å². The van der Waals surface area contributed by atoms with Crippen LogP contribution in [0.1, 0.15) is 51.4 Å². The summed E-state index contributed by atoms with van der Waals surface area (Å²) in [5.41, 5.74) is 3.41. The molecule has 0 saturated carbocycles. The molecule has 22 heavy (non-hydrogen) atoms. The molecular formula is C18H19NO2S. The van der Waals surface area contributed by atoms with Crippen molar-refractivity contribution in [2.75, 3.05) is 5.32 Å². The SMILES string of the molecule is CC(=O)c1ccc(NC(=O)c2csc3c2CCC(C)C3)cc1. The Morgan fingerprint density at radius 3 is 2.64 bits per heavy atom. The van der Waals surface area contributed by atoms with Gasteiger partial charge in [-0.1, -0.05) is 6.92 Å². The third-order valence-electron chi connectivity index (χ3n) is 4.20. The van der Waals surface area contributed by atoms with E-state index < -0.39 is 0 Å². The summed E-state index contributed by atoms with van der Waals surface area (Å²) in [6, 6.07) is 7.02. The molecule has 1 atom stereocenters. The number of hydrogen-bond donors (Lipinski definition) is 1. The quantitative estimate of drug-likeness (QED) is 0.857. The Bertz CT molecular complexity index is 715. The fourth-order valence-corrected chi connectivity index (χ4v) is 4.10. The summed E-state index contributed by atoms with van der Waals surface area (Å²) < 4.78 is 0. The molecule has 0 aliphatic heterocycles. The van der Waals surface area contributed by atoms with E-state index in [1.54, 1.807) is 35.6 Å². The van der Waals surface area contributed by atoms with E-state index in [2.05, 4.69) is 12.2 Å². The largest absolute Gasteiger partial charge is 0.322 e. The number of amides is 1. The first-order chi connectivity index (χ1) is 10.5. The van der Waals surface area contributed by atoms with E-state index in [9.17, 15) is 9.59 Å². The lowest BCUT2D eigenvalue weighted by Crippen LogP contribution is -2.16. The Labute approximate surface area is 134 Å². The van der Waals surface area contributed by atoms with Crippen molar-refractivity contribution in [2.24, 2.45) is 5.92 Å². The topological polar surface area (TPSA) is 46.2 Å². The first kappa shape index (κ1) is 15.0. The fraction of sp³-hybridized carbons (Fsp3) is 0.333. The number of nitrogens with one attached hydrogen (secondary N) is 1. The Kier molecular flexibility index (Phi) is 4.12. The van der Waals surface area contributed by atoms with E-state index in [1.165, 1.54) is 17.4 Å². The summed E-state index contributed by atoms with van der Waals surface area (Å²) in [5, 5.41) is 4.90. The molecule has 1 aromatic heterocycles. The molecule has 0 radical (unpaired) electrons. The van der Waals surface area contributed by atoms with Crippen molar-refractivity contribution in [1.29, 1.82) is 0 Å². The summed E-state index contributed by atoms with van der Waals surface area (Å²) in [6.45, 7) is 3.80. The molecule has 1 aliphatic rings. The smallest absolute Gasteiger partial charge is 0.256 e. The lowest BCUT2D eigenvalue weighted by molar-refractivity contribution is 0.101. The van der Waals surface area contributed by atoms with Crippen molar-refractivity contribution in [3.63, 3.8) is 0 Å². The van der Waals surface area contributed by atoms with Crippen LogP contribution in [0.15, 0.2) is 29.6 Å². The van der Waals surface area contributed by atoms with Crippen LogP contribution in [-0.4, -0.2) is 11.7 Å². The van der Waals surface area contributed by atoms with E-state index >= 15 is 0 Å². The summed E-state index contributed by atoms with van der Waals surface area (Å²) in [7, 11) is 0. The lowest BCUT2D eigenvalue weighted by Gasteiger charge is -2.18. The van der Waals surface area contributed by atoms with Crippen LogP contribution in [0.25, 0.3) is 0 Å². The minimum absolute atomic E-state index is 0.0268. The number of carbonyl (C=O) groups excluding carboxylic acids is 2. The van der Waals surface area contributed by atoms with Crippen LogP contribution in [-0.2, 0) is 12.8 Å². The fourth-order valence-electron chi connectivity index (χ4n) is 2.85. The van der Waals surface area contributed by atoms with Gasteiger partial charge in [0, 0.05) is 21.5 Å². The van der Waals surface area contributed by atoms with Gasteiger partial charge in [0.1, 0.15) is 0 Å². The Morgan fingerprint density at radius 1 is 1.23 bits per heavy atom. The summed E-state index contributed by atoms with van der Waals surface area (Å²) in [6.07, 6.45) is 3.23. The average Bonchev–Trinajstić information content (AvgIpc) is 2.90. The van der Waals surface area contributed by atoms with Crippen LogP contribution < -0.4 is 5.32 Å². The van der Waals surface area contributed by atoms with Gasteiger partial charge in [-0.05, 0) is 61.9 Å².